The van der Waals surface area contributed by atoms with E-state index < -0.39 is 53.3 Å². The van der Waals surface area contributed by atoms with Crippen molar-refractivity contribution >= 4 is 5.97 Å². The average Bonchev–Trinajstić information content (AvgIpc) is 3.76. The molecule has 41 heavy (non-hydrogen) atoms. The molecule has 5 fully saturated rings. The van der Waals surface area contributed by atoms with Gasteiger partial charge in [-0.1, -0.05) is 39.0 Å². The Morgan fingerprint density at radius 3 is 2.63 bits per heavy atom. The lowest BCUT2D eigenvalue weighted by molar-refractivity contribution is -0.336. The van der Waals surface area contributed by atoms with E-state index in [1.807, 2.05) is 6.08 Å². The van der Waals surface area contributed by atoms with Crippen molar-refractivity contribution in [1.82, 2.24) is 0 Å². The van der Waals surface area contributed by atoms with Gasteiger partial charge in [0.25, 0.3) is 0 Å². The second kappa shape index (κ2) is 9.58. The van der Waals surface area contributed by atoms with Gasteiger partial charge in [-0.2, -0.15) is 0 Å². The van der Waals surface area contributed by atoms with Crippen LogP contribution in [-0.2, 0) is 33.2 Å². The summed E-state index contributed by atoms with van der Waals surface area (Å²) in [6, 6.07) is 0. The summed E-state index contributed by atoms with van der Waals surface area (Å²) in [7, 11) is 0. The molecule has 7 rings (SSSR count). The van der Waals surface area contributed by atoms with Crippen LogP contribution in [0.25, 0.3) is 0 Å². The monoisotopic (exact) mass is 574 g/mol. The predicted molar refractivity (Wildman–Crippen MR) is 147 cm³/mol. The van der Waals surface area contributed by atoms with Crippen molar-refractivity contribution in [2.75, 3.05) is 6.61 Å². The van der Waals surface area contributed by atoms with E-state index in [-0.39, 0.29) is 36.4 Å². The Bertz CT molecular complexity index is 1140. The first-order valence-corrected chi connectivity index (χ1v) is 15.7. The zero-order valence-electron chi connectivity index (χ0n) is 24.9. The molecule has 0 radical (unpaired) electrons. The third-order valence-electron chi connectivity index (χ3n) is 11.2. The smallest absolute Gasteiger partial charge is 0.316 e. The van der Waals surface area contributed by atoms with Crippen LogP contribution in [0.3, 0.4) is 0 Å². The van der Waals surface area contributed by atoms with Crippen LogP contribution in [0.5, 0.6) is 0 Å². The van der Waals surface area contributed by atoms with Crippen molar-refractivity contribution in [3.8, 4) is 0 Å². The van der Waals surface area contributed by atoms with Gasteiger partial charge in [0.05, 0.1) is 30.5 Å². The van der Waals surface area contributed by atoms with Gasteiger partial charge in [-0.25, -0.2) is 0 Å². The van der Waals surface area contributed by atoms with Crippen molar-refractivity contribution in [3.63, 3.8) is 0 Å². The van der Waals surface area contributed by atoms with E-state index in [9.17, 15) is 15.0 Å². The number of carbonyl (C=O) groups excluding carboxylic acids is 1. The molecule has 2 spiro atoms. The lowest BCUT2D eigenvalue weighted by atomic mass is 9.67. The SMILES string of the molecule is CC[C@H]1O[C@]2(CC[C@@H]1C)C[C@@H]1C[C@@H](C[C@@H]3O[C@@]3(C)C[C@@H](C)/C=C/[C@@H]3O[C@]34CO[C@@H]3[C@H](O)C(C)=C[C@@H](C(=O)O1)[C@@]34O)O2. The summed E-state index contributed by atoms with van der Waals surface area (Å²) in [5.74, 6) is -1.73. The summed E-state index contributed by atoms with van der Waals surface area (Å²) in [4.78, 5) is 14.1. The molecule has 1 aliphatic carbocycles. The Labute approximate surface area is 242 Å². The lowest BCUT2D eigenvalue weighted by Gasteiger charge is -2.50. The van der Waals surface area contributed by atoms with Gasteiger partial charge in [-0.3, -0.25) is 4.79 Å². The highest BCUT2D eigenvalue weighted by Crippen LogP contribution is 2.59. The molecule has 0 aromatic heterocycles. The fraction of sp³-hybridized carbons (Fsp3) is 0.844. The Kier molecular flexibility index (Phi) is 6.65. The molecule has 7 aliphatic rings. The summed E-state index contributed by atoms with van der Waals surface area (Å²) in [5, 5.41) is 23.3. The third kappa shape index (κ3) is 4.40. The number of esters is 1. The van der Waals surface area contributed by atoms with E-state index in [2.05, 4.69) is 33.8 Å². The van der Waals surface area contributed by atoms with Crippen molar-refractivity contribution in [3.05, 3.63) is 23.8 Å². The number of ether oxygens (including phenoxy) is 6. The summed E-state index contributed by atoms with van der Waals surface area (Å²) in [6.07, 6.45) is 7.95. The van der Waals surface area contributed by atoms with E-state index in [0.717, 1.165) is 25.7 Å². The molecule has 5 saturated heterocycles. The van der Waals surface area contributed by atoms with E-state index in [1.54, 1.807) is 13.0 Å². The van der Waals surface area contributed by atoms with Crippen LogP contribution in [0, 0.1) is 17.8 Å². The third-order valence-corrected chi connectivity index (χ3v) is 11.2. The van der Waals surface area contributed by atoms with Gasteiger partial charge >= 0.3 is 5.97 Å². The molecule has 0 unspecified atom stereocenters. The first-order chi connectivity index (χ1) is 19.4. The van der Waals surface area contributed by atoms with Crippen molar-refractivity contribution < 1.29 is 43.4 Å². The van der Waals surface area contributed by atoms with E-state index in [1.165, 1.54) is 0 Å². The van der Waals surface area contributed by atoms with Crippen molar-refractivity contribution in [2.45, 2.75) is 145 Å². The number of rotatable bonds is 1. The van der Waals surface area contributed by atoms with Crippen LogP contribution < -0.4 is 0 Å². The topological polar surface area (TPSA) is 120 Å². The average molecular weight is 575 g/mol. The molecule has 0 saturated carbocycles. The summed E-state index contributed by atoms with van der Waals surface area (Å²) in [5.41, 5.74) is -2.55. The minimum atomic E-state index is -1.76. The van der Waals surface area contributed by atoms with Gasteiger partial charge in [0, 0.05) is 25.7 Å². The highest BCUT2D eigenvalue weighted by atomic mass is 16.7. The molecule has 228 valence electrons. The molecule has 2 bridgehead atoms. The number of epoxide rings is 2. The van der Waals surface area contributed by atoms with Crippen LogP contribution in [0.1, 0.15) is 79.6 Å². The van der Waals surface area contributed by atoms with Crippen LogP contribution in [-0.4, -0.2) is 88.1 Å². The molecule has 6 aliphatic heterocycles. The van der Waals surface area contributed by atoms with Gasteiger partial charge in [0.2, 0.25) is 0 Å². The molecule has 9 heteroatoms. The Morgan fingerprint density at radius 2 is 1.85 bits per heavy atom. The van der Waals surface area contributed by atoms with Gasteiger partial charge in [0.1, 0.15) is 35.9 Å². The molecule has 0 aromatic carbocycles. The second-order valence-electron chi connectivity index (χ2n) is 14.3. The highest BCUT2D eigenvalue weighted by Gasteiger charge is 2.79. The van der Waals surface area contributed by atoms with Gasteiger partial charge in [-0.15, -0.1) is 0 Å². The van der Waals surface area contributed by atoms with Crippen LogP contribution in [0.4, 0.5) is 0 Å². The van der Waals surface area contributed by atoms with E-state index in [4.69, 9.17) is 28.4 Å². The normalized spacial score (nSPS) is 57.0. The lowest BCUT2D eigenvalue weighted by Crippen LogP contribution is -2.63. The number of hydrogen-bond acceptors (Lipinski definition) is 9. The first kappa shape index (κ1) is 28.4. The predicted octanol–water partition coefficient (Wildman–Crippen LogP) is 3.35. The highest BCUT2D eigenvalue weighted by molar-refractivity contribution is 5.78. The summed E-state index contributed by atoms with van der Waals surface area (Å²) < 4.78 is 38.1. The molecule has 6 heterocycles. The Balaban J connectivity index is 1.24. The number of hydrogen-bond donors (Lipinski definition) is 2. The Hall–Kier alpha value is -1.33. The fourth-order valence-corrected chi connectivity index (χ4v) is 8.68. The van der Waals surface area contributed by atoms with Crippen molar-refractivity contribution in [2.24, 2.45) is 17.8 Å². The van der Waals surface area contributed by atoms with Crippen LogP contribution in [0.2, 0.25) is 0 Å². The fourth-order valence-electron chi connectivity index (χ4n) is 8.68. The van der Waals surface area contributed by atoms with Gasteiger partial charge < -0.3 is 38.6 Å². The van der Waals surface area contributed by atoms with Gasteiger partial charge in [-0.05, 0) is 50.5 Å². The van der Waals surface area contributed by atoms with E-state index >= 15 is 0 Å². The van der Waals surface area contributed by atoms with E-state index in [0.29, 0.717) is 30.8 Å². The minimum absolute atomic E-state index is 0.0651. The number of carbonyl (C=O) groups is 1. The second-order valence-corrected chi connectivity index (χ2v) is 14.3. The largest absolute Gasteiger partial charge is 0.462 e. The van der Waals surface area contributed by atoms with Crippen molar-refractivity contribution in [1.29, 1.82) is 0 Å². The maximum absolute atomic E-state index is 14.1. The summed E-state index contributed by atoms with van der Waals surface area (Å²) in [6.45, 7) is 10.5. The zero-order valence-corrected chi connectivity index (χ0v) is 24.9. The zero-order chi connectivity index (χ0) is 28.9. The molecular weight excluding hydrogens is 528 g/mol. The number of aliphatic hydroxyl groups is 2. The maximum atomic E-state index is 14.1. The summed E-state index contributed by atoms with van der Waals surface area (Å²) >= 11 is 0. The molecule has 0 amide bonds. The molecule has 2 N–H and O–H groups in total. The minimum Gasteiger partial charge on any atom is -0.462 e. The standard InChI is InChI=1S/C32H46O9/c1-6-23-18(3)9-10-30(39-23)15-21-12-20(38-30)13-25-29(5,40-25)14-17(2)7-8-24-31(41-24)16-36-27-26(33)19(4)11-22(28(34)37-21)32(27,31)35/h7-8,11,17-18,20-27,33,35H,6,9-10,12-16H2,1-5H3/b8-7+/t17-,18-,20-,21-,22-,23+,24-,25-,26+,27+,29-,30+,31+,32+/m0/s1. The maximum Gasteiger partial charge on any atom is 0.316 e. The van der Waals surface area contributed by atoms with Gasteiger partial charge in [0.15, 0.2) is 11.4 Å². The molecule has 0 aromatic rings. The number of fused-ring (bicyclic) bond motifs is 3. The van der Waals surface area contributed by atoms with Crippen LogP contribution in [0.15, 0.2) is 23.8 Å². The first-order valence-electron chi connectivity index (χ1n) is 15.7. The van der Waals surface area contributed by atoms with Crippen LogP contribution >= 0.6 is 0 Å². The number of aliphatic hydroxyl groups excluding tert-OH is 1. The quantitative estimate of drug-likeness (QED) is 0.276. The number of allylic oxidation sites excluding steroid dienone is 1. The molecular formula is C32H46O9. The Morgan fingerprint density at radius 1 is 1.05 bits per heavy atom. The molecule has 14 atom stereocenters. The molecule has 9 nitrogen and oxygen atoms in total.